The molecule has 0 aliphatic carbocycles. The van der Waals surface area contributed by atoms with Gasteiger partial charge >= 0.3 is 11.9 Å². The molecule has 0 heterocycles. The Morgan fingerprint density at radius 3 is 2.45 bits per heavy atom. The fourth-order valence-electron chi connectivity index (χ4n) is 2.03. The maximum atomic E-state index is 12.3. The van der Waals surface area contributed by atoms with E-state index in [2.05, 4.69) is 15.4 Å². The summed E-state index contributed by atoms with van der Waals surface area (Å²) in [6, 6.07) is -3.04. The molecule has 33 heavy (non-hydrogen) atoms. The van der Waals surface area contributed by atoms with Gasteiger partial charge in [0.2, 0.25) is 17.1 Å². The van der Waals surface area contributed by atoms with E-state index in [4.69, 9.17) is 21.1 Å². The molecule has 0 radical (unpaired) electrons. The van der Waals surface area contributed by atoms with Crippen molar-refractivity contribution in [2.24, 2.45) is 11.0 Å². The van der Waals surface area contributed by atoms with Gasteiger partial charge in [-0.3, -0.25) is 19.2 Å². The molecule has 0 saturated carbocycles. The number of nitrogens with zero attached hydrogens (tertiary/aromatic N) is 3. The molecule has 0 aromatic rings. The Morgan fingerprint density at radius 1 is 1.27 bits per heavy atom. The first-order valence-corrected chi connectivity index (χ1v) is 11.2. The summed E-state index contributed by atoms with van der Waals surface area (Å²) in [5, 5.41) is 45.6. The molecule has 2 amide bonds. The third kappa shape index (κ3) is 13.7. The zero-order valence-corrected chi connectivity index (χ0v) is 18.6. The highest BCUT2D eigenvalue weighted by Crippen LogP contribution is 2.01. The lowest BCUT2D eigenvalue weighted by molar-refractivity contribution is -0.705. The van der Waals surface area contributed by atoms with Crippen molar-refractivity contribution in [2.75, 3.05) is 44.9 Å². The van der Waals surface area contributed by atoms with Crippen LogP contribution in [0.5, 0.6) is 0 Å². The van der Waals surface area contributed by atoms with Gasteiger partial charge in [0.05, 0.1) is 36.7 Å². The molecule has 17 nitrogen and oxygen atoms in total. The number of amides is 2. The number of carbonyl (C=O) groups excluding carboxylic acids is 2. The summed E-state index contributed by atoms with van der Waals surface area (Å²) in [5.41, 5.74) is 5.28. The molecule has 0 bridgehead atoms. The number of nitrogens with two attached hydrogens (primary N) is 1. The van der Waals surface area contributed by atoms with Crippen LogP contribution in [0, 0.1) is 5.21 Å². The number of aliphatic hydroxyl groups is 1. The Kier molecular flexibility index (Phi) is 13.3. The highest BCUT2D eigenvalue weighted by Gasteiger charge is 2.28. The summed E-state index contributed by atoms with van der Waals surface area (Å²) in [6.07, 6.45) is -0.720. The molecule has 0 rings (SSSR count). The first kappa shape index (κ1) is 29.8. The number of carbonyl (C=O) groups is 4. The summed E-state index contributed by atoms with van der Waals surface area (Å²) in [5.74, 6) is -6.39. The van der Waals surface area contributed by atoms with E-state index in [9.17, 15) is 32.8 Å². The van der Waals surface area contributed by atoms with Crippen LogP contribution in [0.3, 0.4) is 0 Å². The number of hydrogen-bond acceptors (Lipinski definition) is 11. The Labute approximate surface area is 188 Å². The largest absolute Gasteiger partial charge is 0.569 e. The number of rotatable bonds is 17. The van der Waals surface area contributed by atoms with E-state index >= 15 is 0 Å². The Morgan fingerprint density at radius 2 is 1.91 bits per heavy atom. The number of likely N-dealkylation sites (N-methyl/N-ethyl adjacent to an activating group) is 1. The van der Waals surface area contributed by atoms with E-state index in [-0.39, 0.29) is 24.5 Å². The number of nitrogens with one attached hydrogen (secondary N) is 2. The SMILES string of the molecule is CN(CCO)/[N+]([O-])=N\OCCS(=O)(=O)C[C@H](NC(=O)CC[C@H](N)C(=O)O)C(=O)NCC(=O)O. The molecule has 0 aliphatic rings. The number of hydrazine groups is 1. The second kappa shape index (κ2) is 14.7. The molecule has 7 N–H and O–H groups in total. The smallest absolute Gasteiger partial charge is 0.322 e. The molecule has 0 aliphatic heterocycles. The number of aliphatic carboxylic acids is 2. The third-order valence-electron chi connectivity index (χ3n) is 3.81. The van der Waals surface area contributed by atoms with Gasteiger partial charge in [-0.25, -0.2) is 8.42 Å². The number of carboxylic acids is 2. The zero-order chi connectivity index (χ0) is 25.6. The van der Waals surface area contributed by atoms with Crippen LogP contribution in [-0.2, 0) is 33.9 Å². The minimum absolute atomic E-state index is 0.0208. The summed E-state index contributed by atoms with van der Waals surface area (Å²) in [6.45, 7) is -1.81. The Hall–Kier alpha value is -3.25. The van der Waals surface area contributed by atoms with Gasteiger partial charge in [0.15, 0.2) is 9.84 Å². The third-order valence-corrected chi connectivity index (χ3v) is 5.44. The van der Waals surface area contributed by atoms with Gasteiger partial charge in [0.25, 0.3) is 0 Å². The van der Waals surface area contributed by atoms with Crippen molar-refractivity contribution >= 4 is 33.6 Å². The maximum absolute atomic E-state index is 12.3. The monoisotopic (exact) mass is 500 g/mol. The predicted molar refractivity (Wildman–Crippen MR) is 108 cm³/mol. The number of hydrogen-bond donors (Lipinski definition) is 6. The van der Waals surface area contributed by atoms with Crippen LogP contribution in [0.15, 0.2) is 5.28 Å². The molecule has 0 saturated heterocycles. The zero-order valence-electron chi connectivity index (χ0n) is 17.7. The van der Waals surface area contributed by atoms with Crippen molar-refractivity contribution in [1.82, 2.24) is 15.6 Å². The van der Waals surface area contributed by atoms with Gasteiger partial charge in [-0.05, 0) is 6.42 Å². The van der Waals surface area contributed by atoms with E-state index in [1.807, 2.05) is 5.32 Å². The van der Waals surface area contributed by atoms with Crippen molar-refractivity contribution in [1.29, 1.82) is 0 Å². The van der Waals surface area contributed by atoms with E-state index < -0.39 is 76.8 Å². The highest BCUT2D eigenvalue weighted by molar-refractivity contribution is 7.91. The van der Waals surface area contributed by atoms with Crippen molar-refractivity contribution in [3.63, 3.8) is 0 Å². The number of aliphatic hydroxyl groups excluding tert-OH is 1. The molecule has 0 aromatic heterocycles. The number of sulfone groups is 1. The fraction of sp³-hybridized carbons (Fsp3) is 0.733. The molecule has 2 atom stereocenters. The van der Waals surface area contributed by atoms with Crippen LogP contribution < -0.4 is 16.4 Å². The van der Waals surface area contributed by atoms with Crippen LogP contribution in [0.4, 0.5) is 0 Å². The Bertz CT molecular complexity index is 819. The molecule has 0 fully saturated rings. The first-order valence-electron chi connectivity index (χ1n) is 9.38. The second-order valence-electron chi connectivity index (χ2n) is 6.60. The Balaban J connectivity index is 5.04. The molecular weight excluding hydrogens is 472 g/mol. The normalized spacial score (nSPS) is 13.5. The first-order chi connectivity index (χ1) is 15.3. The van der Waals surface area contributed by atoms with E-state index in [1.54, 1.807) is 0 Å². The summed E-state index contributed by atoms with van der Waals surface area (Å²) >= 11 is 0. The van der Waals surface area contributed by atoms with Crippen LogP contribution in [0.2, 0.25) is 0 Å². The van der Waals surface area contributed by atoms with Crippen molar-refractivity contribution < 1.29 is 52.7 Å². The van der Waals surface area contributed by atoms with Crippen molar-refractivity contribution in [2.45, 2.75) is 24.9 Å². The van der Waals surface area contributed by atoms with Gasteiger partial charge in [-0.15, -0.1) is 5.01 Å². The highest BCUT2D eigenvalue weighted by atomic mass is 32.2. The van der Waals surface area contributed by atoms with Gasteiger partial charge in [0, 0.05) is 6.42 Å². The topological polar surface area (TPSA) is 264 Å². The summed E-state index contributed by atoms with van der Waals surface area (Å²) in [4.78, 5) is 50.1. The fourth-order valence-corrected chi connectivity index (χ4v) is 3.27. The van der Waals surface area contributed by atoms with Gasteiger partial charge in [0.1, 0.15) is 25.2 Å². The lowest BCUT2D eigenvalue weighted by atomic mass is 10.1. The van der Waals surface area contributed by atoms with Crippen LogP contribution >= 0.6 is 0 Å². The lowest BCUT2D eigenvalue weighted by Crippen LogP contribution is -2.51. The maximum Gasteiger partial charge on any atom is 0.322 e. The van der Waals surface area contributed by atoms with E-state index in [0.717, 1.165) is 5.01 Å². The molecular formula is C15H28N6O11S. The average Bonchev–Trinajstić information content (AvgIpc) is 2.72. The van der Waals surface area contributed by atoms with Gasteiger partial charge in [-0.1, -0.05) is 0 Å². The molecule has 18 heteroatoms. The summed E-state index contributed by atoms with van der Waals surface area (Å²) < 4.78 is 24.6. The van der Waals surface area contributed by atoms with E-state index in [1.165, 1.54) is 7.05 Å². The van der Waals surface area contributed by atoms with Crippen molar-refractivity contribution in [3.05, 3.63) is 5.21 Å². The van der Waals surface area contributed by atoms with Gasteiger partial charge in [-0.2, -0.15) is 0 Å². The molecule has 0 aromatic carbocycles. The van der Waals surface area contributed by atoms with Crippen LogP contribution in [0.1, 0.15) is 12.8 Å². The lowest BCUT2D eigenvalue weighted by Gasteiger charge is -2.18. The standard InChI is InChI=1S/C15H28N6O11S/c1-20(4-5-22)21(29)19-32-6-7-33(30,31)9-11(14(26)17-8-13(24)25)18-12(23)3-2-10(16)15(27)28/h10-11,22H,2-9,16H2,1H3,(H,17,26)(H,18,23)(H,24,25)(H,27,28)/b21-19+/t10-,11-/m0/s1. The minimum Gasteiger partial charge on any atom is -0.569 e. The predicted octanol–water partition coefficient (Wildman–Crippen LogP) is -3.99. The molecule has 0 unspecified atom stereocenters. The molecule has 190 valence electrons. The number of carboxylic acid groups (broad SMARTS) is 2. The quantitative estimate of drug-likeness (QED) is 0.0482. The second-order valence-corrected chi connectivity index (χ2v) is 8.83. The van der Waals surface area contributed by atoms with Crippen LogP contribution in [0.25, 0.3) is 0 Å². The van der Waals surface area contributed by atoms with Crippen LogP contribution in [-0.4, -0.2) is 114 Å². The summed E-state index contributed by atoms with van der Waals surface area (Å²) in [7, 11) is -2.79. The average molecular weight is 500 g/mol. The van der Waals surface area contributed by atoms with E-state index in [0.29, 0.717) is 0 Å². The van der Waals surface area contributed by atoms with Crippen molar-refractivity contribution in [3.8, 4) is 0 Å². The minimum atomic E-state index is -4.08. The molecule has 0 spiro atoms. The van der Waals surface area contributed by atoms with Gasteiger partial charge < -0.3 is 41.7 Å².